The average Bonchev–Trinajstić information content (AvgIpc) is 3.06. The molecule has 1 N–H and O–H groups in total. The topological polar surface area (TPSA) is 67.9 Å². The standard InChI is InChI=1S/C19H20N2O4/c1-24-17-12-15(9-10-16(17)21-11-5-8-18(21)22)20-19(23)25-13-14-6-3-2-4-7-14/h2-4,6-7,9-10,12H,5,8,11,13H2,1H3,(H,20,23). The van der Waals surface area contributed by atoms with Crippen molar-refractivity contribution in [2.24, 2.45) is 0 Å². The molecule has 0 unspecified atom stereocenters. The first kappa shape index (κ1) is 16.8. The van der Waals surface area contributed by atoms with Crippen LogP contribution in [0.5, 0.6) is 5.75 Å². The van der Waals surface area contributed by atoms with Crippen molar-refractivity contribution in [3.8, 4) is 5.75 Å². The van der Waals surface area contributed by atoms with Gasteiger partial charge in [0.25, 0.3) is 0 Å². The fourth-order valence-corrected chi connectivity index (χ4v) is 2.76. The Bertz CT molecular complexity index is 761. The van der Waals surface area contributed by atoms with Crippen molar-refractivity contribution in [2.45, 2.75) is 19.4 Å². The molecule has 2 amide bonds. The predicted molar refractivity (Wildman–Crippen MR) is 94.8 cm³/mol. The number of rotatable bonds is 5. The lowest BCUT2D eigenvalue weighted by molar-refractivity contribution is -0.117. The maximum absolute atomic E-state index is 11.9. The minimum absolute atomic E-state index is 0.0845. The summed E-state index contributed by atoms with van der Waals surface area (Å²) in [6.45, 7) is 0.880. The van der Waals surface area contributed by atoms with Crippen LogP contribution < -0.4 is 15.0 Å². The number of ether oxygens (including phenoxy) is 2. The first-order valence-corrected chi connectivity index (χ1v) is 8.13. The third-order valence-electron chi connectivity index (χ3n) is 4.00. The van der Waals surface area contributed by atoms with Crippen LogP contribution >= 0.6 is 0 Å². The van der Waals surface area contributed by atoms with Gasteiger partial charge in [0.1, 0.15) is 12.4 Å². The zero-order chi connectivity index (χ0) is 17.6. The van der Waals surface area contributed by atoms with Crippen LogP contribution in [0.15, 0.2) is 48.5 Å². The summed E-state index contributed by atoms with van der Waals surface area (Å²) in [7, 11) is 1.54. The fraction of sp³-hybridized carbons (Fsp3) is 0.263. The van der Waals surface area contributed by atoms with Gasteiger partial charge < -0.3 is 14.4 Å². The largest absolute Gasteiger partial charge is 0.494 e. The molecule has 25 heavy (non-hydrogen) atoms. The van der Waals surface area contributed by atoms with Gasteiger partial charge in [0.15, 0.2) is 0 Å². The summed E-state index contributed by atoms with van der Waals surface area (Å²) in [6.07, 6.45) is 0.846. The van der Waals surface area contributed by atoms with Gasteiger partial charge in [0.2, 0.25) is 5.91 Å². The third-order valence-corrected chi connectivity index (χ3v) is 4.00. The number of carbonyl (C=O) groups is 2. The molecule has 1 fully saturated rings. The fourth-order valence-electron chi connectivity index (χ4n) is 2.76. The lowest BCUT2D eigenvalue weighted by Crippen LogP contribution is -2.24. The zero-order valence-corrected chi connectivity index (χ0v) is 14.0. The Labute approximate surface area is 146 Å². The molecule has 0 saturated carbocycles. The zero-order valence-electron chi connectivity index (χ0n) is 14.0. The molecule has 0 aromatic heterocycles. The highest BCUT2D eigenvalue weighted by Gasteiger charge is 2.24. The lowest BCUT2D eigenvalue weighted by Gasteiger charge is -2.19. The van der Waals surface area contributed by atoms with Crippen molar-refractivity contribution in [2.75, 3.05) is 23.9 Å². The number of benzene rings is 2. The van der Waals surface area contributed by atoms with Crippen LogP contribution in [-0.2, 0) is 16.1 Å². The number of methoxy groups -OCH3 is 1. The minimum atomic E-state index is -0.545. The van der Waals surface area contributed by atoms with Gasteiger partial charge in [-0.05, 0) is 24.1 Å². The van der Waals surface area contributed by atoms with E-state index in [0.29, 0.717) is 30.1 Å². The molecule has 3 rings (SSSR count). The van der Waals surface area contributed by atoms with Crippen LogP contribution in [0.1, 0.15) is 18.4 Å². The number of hydrogen-bond donors (Lipinski definition) is 1. The van der Waals surface area contributed by atoms with Gasteiger partial charge in [-0.2, -0.15) is 0 Å². The summed E-state index contributed by atoms with van der Waals surface area (Å²) in [5.41, 5.74) is 2.18. The normalized spacial score (nSPS) is 13.6. The van der Waals surface area contributed by atoms with Crippen molar-refractivity contribution >= 4 is 23.4 Å². The van der Waals surface area contributed by atoms with E-state index in [1.807, 2.05) is 30.3 Å². The molecule has 130 valence electrons. The summed E-state index contributed by atoms with van der Waals surface area (Å²) < 4.78 is 10.6. The average molecular weight is 340 g/mol. The van der Waals surface area contributed by atoms with Crippen molar-refractivity contribution < 1.29 is 19.1 Å². The van der Waals surface area contributed by atoms with Gasteiger partial charge in [0.05, 0.1) is 12.8 Å². The predicted octanol–water partition coefficient (Wildman–Crippen LogP) is 3.57. The molecule has 0 spiro atoms. The van der Waals surface area contributed by atoms with Gasteiger partial charge in [-0.25, -0.2) is 4.79 Å². The molecule has 2 aromatic rings. The highest BCUT2D eigenvalue weighted by Crippen LogP contribution is 2.33. The van der Waals surface area contributed by atoms with Gasteiger partial charge in [0, 0.05) is 24.7 Å². The summed E-state index contributed by atoms with van der Waals surface area (Å²) in [5.74, 6) is 0.623. The Balaban J connectivity index is 1.64. The molecule has 2 aromatic carbocycles. The van der Waals surface area contributed by atoms with E-state index in [1.165, 1.54) is 7.11 Å². The van der Waals surface area contributed by atoms with E-state index < -0.39 is 6.09 Å². The van der Waals surface area contributed by atoms with Gasteiger partial charge >= 0.3 is 6.09 Å². The molecule has 0 radical (unpaired) electrons. The molecule has 0 atom stereocenters. The van der Waals surface area contributed by atoms with E-state index in [9.17, 15) is 9.59 Å². The second-order valence-electron chi connectivity index (χ2n) is 5.72. The number of nitrogens with zero attached hydrogens (tertiary/aromatic N) is 1. The summed E-state index contributed by atoms with van der Waals surface area (Å²) >= 11 is 0. The number of anilines is 2. The number of hydrogen-bond acceptors (Lipinski definition) is 4. The molecule has 6 heteroatoms. The van der Waals surface area contributed by atoms with Crippen molar-refractivity contribution in [1.29, 1.82) is 0 Å². The number of amides is 2. The number of carbonyl (C=O) groups excluding carboxylic acids is 2. The van der Waals surface area contributed by atoms with E-state index in [0.717, 1.165) is 12.0 Å². The van der Waals surface area contributed by atoms with Crippen molar-refractivity contribution in [1.82, 2.24) is 0 Å². The van der Waals surface area contributed by atoms with Crippen LogP contribution in [-0.4, -0.2) is 25.7 Å². The van der Waals surface area contributed by atoms with Crippen molar-refractivity contribution in [3.05, 3.63) is 54.1 Å². The maximum atomic E-state index is 11.9. The maximum Gasteiger partial charge on any atom is 0.411 e. The summed E-state index contributed by atoms with van der Waals surface area (Å²) in [6, 6.07) is 14.6. The van der Waals surface area contributed by atoms with Crippen LogP contribution in [0, 0.1) is 0 Å². The molecular formula is C19H20N2O4. The Morgan fingerprint density at radius 3 is 2.68 bits per heavy atom. The van der Waals surface area contributed by atoms with E-state index in [4.69, 9.17) is 9.47 Å². The Hall–Kier alpha value is -3.02. The van der Waals surface area contributed by atoms with Crippen LogP contribution in [0.3, 0.4) is 0 Å². The van der Waals surface area contributed by atoms with Crippen LogP contribution in [0.2, 0.25) is 0 Å². The molecular weight excluding hydrogens is 320 g/mol. The first-order chi connectivity index (χ1) is 12.2. The quantitative estimate of drug-likeness (QED) is 0.903. The summed E-state index contributed by atoms with van der Waals surface area (Å²) in [5, 5.41) is 2.67. The summed E-state index contributed by atoms with van der Waals surface area (Å²) in [4.78, 5) is 25.6. The SMILES string of the molecule is COc1cc(NC(=O)OCc2ccccc2)ccc1N1CCCC1=O. The van der Waals surface area contributed by atoms with E-state index >= 15 is 0 Å². The molecule has 1 aliphatic heterocycles. The molecule has 0 bridgehead atoms. The van der Waals surface area contributed by atoms with Crippen LogP contribution in [0.4, 0.5) is 16.2 Å². The third kappa shape index (κ3) is 4.09. The van der Waals surface area contributed by atoms with Crippen LogP contribution in [0.25, 0.3) is 0 Å². The Morgan fingerprint density at radius 1 is 1.20 bits per heavy atom. The first-order valence-electron chi connectivity index (χ1n) is 8.13. The second kappa shape index (κ2) is 7.70. The van der Waals surface area contributed by atoms with Crippen molar-refractivity contribution in [3.63, 3.8) is 0 Å². The molecule has 1 aliphatic rings. The van der Waals surface area contributed by atoms with Gasteiger partial charge in [-0.15, -0.1) is 0 Å². The minimum Gasteiger partial charge on any atom is -0.494 e. The molecule has 6 nitrogen and oxygen atoms in total. The van der Waals surface area contributed by atoms with E-state index in [1.54, 1.807) is 23.1 Å². The Morgan fingerprint density at radius 2 is 2.00 bits per heavy atom. The smallest absolute Gasteiger partial charge is 0.411 e. The highest BCUT2D eigenvalue weighted by molar-refractivity contribution is 5.97. The highest BCUT2D eigenvalue weighted by atomic mass is 16.5. The lowest BCUT2D eigenvalue weighted by atomic mass is 10.2. The van der Waals surface area contributed by atoms with Gasteiger partial charge in [-0.3, -0.25) is 10.1 Å². The Kier molecular flexibility index (Phi) is 5.18. The second-order valence-corrected chi connectivity index (χ2v) is 5.72. The van der Waals surface area contributed by atoms with E-state index in [2.05, 4.69) is 5.32 Å². The molecule has 0 aliphatic carbocycles. The number of nitrogens with one attached hydrogen (secondary N) is 1. The monoisotopic (exact) mass is 340 g/mol. The molecule has 1 saturated heterocycles. The van der Waals surface area contributed by atoms with Gasteiger partial charge in [-0.1, -0.05) is 30.3 Å². The van der Waals surface area contributed by atoms with E-state index in [-0.39, 0.29) is 12.5 Å². The molecule has 1 heterocycles.